The van der Waals surface area contributed by atoms with Crippen LogP contribution in [0.3, 0.4) is 0 Å². The molecular weight excluding hydrogens is 286 g/mol. The summed E-state index contributed by atoms with van der Waals surface area (Å²) in [4.78, 5) is 11.3. The van der Waals surface area contributed by atoms with Crippen LogP contribution in [0.5, 0.6) is 5.75 Å². The molecule has 3 N–H and O–H groups in total. The first-order valence-electron chi connectivity index (χ1n) is 6.54. The van der Waals surface area contributed by atoms with E-state index in [0.717, 1.165) is 0 Å². The Bertz CT molecular complexity index is 745. The van der Waals surface area contributed by atoms with Gasteiger partial charge in [0.15, 0.2) is 5.69 Å². The molecule has 8 heteroatoms. The maximum Gasteiger partial charge on any atom is 0.358 e. The van der Waals surface area contributed by atoms with Gasteiger partial charge in [0.05, 0.1) is 17.9 Å². The molecule has 0 atom stereocenters. The van der Waals surface area contributed by atoms with E-state index in [0.29, 0.717) is 17.0 Å². The van der Waals surface area contributed by atoms with Crippen LogP contribution < -0.4 is 10.5 Å². The lowest BCUT2D eigenvalue weighted by molar-refractivity contribution is 0.0691. The molecule has 1 aromatic heterocycles. The van der Waals surface area contributed by atoms with Crippen molar-refractivity contribution in [1.82, 2.24) is 15.0 Å². The maximum atomic E-state index is 11.3. The van der Waals surface area contributed by atoms with Gasteiger partial charge in [-0.15, -0.1) is 5.10 Å². The third-order valence-electron chi connectivity index (χ3n) is 2.80. The van der Waals surface area contributed by atoms with E-state index in [-0.39, 0.29) is 24.0 Å². The van der Waals surface area contributed by atoms with E-state index >= 15 is 0 Å². The number of nitrogen functional groups attached to an aromatic ring is 1. The normalized spacial score (nSPS) is 10.5. The number of carboxylic acid groups (broad SMARTS) is 1. The zero-order chi connectivity index (χ0) is 16.3. The number of aromatic carboxylic acids is 1. The highest BCUT2D eigenvalue weighted by atomic mass is 16.5. The minimum Gasteiger partial charge on any atom is -0.489 e. The zero-order valence-corrected chi connectivity index (χ0v) is 12.1. The summed E-state index contributed by atoms with van der Waals surface area (Å²) in [5, 5.41) is 25.3. The largest absolute Gasteiger partial charge is 0.489 e. The Balaban J connectivity index is 2.52. The Morgan fingerprint density at radius 1 is 1.55 bits per heavy atom. The molecule has 0 fully saturated rings. The lowest BCUT2D eigenvalue weighted by Crippen LogP contribution is -2.08. The Labute approximate surface area is 126 Å². The molecule has 0 saturated heterocycles. The van der Waals surface area contributed by atoms with Gasteiger partial charge in [0.2, 0.25) is 0 Å². The number of ether oxygens (including phenoxy) is 1. The van der Waals surface area contributed by atoms with Gasteiger partial charge in [0.25, 0.3) is 0 Å². The van der Waals surface area contributed by atoms with Crippen LogP contribution in [0.15, 0.2) is 18.2 Å². The number of nitriles is 1. The molecule has 0 unspecified atom stereocenters. The monoisotopic (exact) mass is 301 g/mol. The highest BCUT2D eigenvalue weighted by molar-refractivity contribution is 5.93. The molecule has 0 spiro atoms. The van der Waals surface area contributed by atoms with Crippen molar-refractivity contribution in [3.05, 3.63) is 23.9 Å². The van der Waals surface area contributed by atoms with E-state index in [4.69, 9.17) is 15.7 Å². The Morgan fingerprint density at radius 3 is 2.82 bits per heavy atom. The number of anilines is 1. The van der Waals surface area contributed by atoms with Crippen molar-refractivity contribution < 1.29 is 14.6 Å². The van der Waals surface area contributed by atoms with Crippen molar-refractivity contribution in [2.75, 3.05) is 5.73 Å². The van der Waals surface area contributed by atoms with Gasteiger partial charge in [0, 0.05) is 5.56 Å². The number of aromatic nitrogens is 3. The predicted molar refractivity (Wildman–Crippen MR) is 78.2 cm³/mol. The van der Waals surface area contributed by atoms with Crippen LogP contribution in [-0.4, -0.2) is 32.2 Å². The topological polar surface area (TPSA) is 127 Å². The van der Waals surface area contributed by atoms with Crippen molar-refractivity contribution in [2.24, 2.45) is 0 Å². The molecule has 0 radical (unpaired) electrons. The van der Waals surface area contributed by atoms with Crippen molar-refractivity contribution in [2.45, 2.75) is 26.5 Å². The molecule has 22 heavy (non-hydrogen) atoms. The Kier molecular flexibility index (Phi) is 4.27. The first-order valence-corrected chi connectivity index (χ1v) is 6.54. The molecule has 0 bridgehead atoms. The van der Waals surface area contributed by atoms with Crippen LogP contribution in [0, 0.1) is 11.3 Å². The highest BCUT2D eigenvalue weighted by Crippen LogP contribution is 2.30. The quantitative estimate of drug-likeness (QED) is 0.801. The number of nitrogens with two attached hydrogens (primary N) is 1. The number of hydrogen-bond donors (Lipinski definition) is 2. The molecule has 2 aromatic rings. The molecule has 0 saturated carbocycles. The molecule has 2 rings (SSSR count). The van der Waals surface area contributed by atoms with E-state index in [1.807, 2.05) is 19.9 Å². The smallest absolute Gasteiger partial charge is 0.358 e. The van der Waals surface area contributed by atoms with Gasteiger partial charge in [-0.05, 0) is 32.0 Å². The molecule has 1 aromatic carbocycles. The minimum absolute atomic E-state index is 0.0338. The lowest BCUT2D eigenvalue weighted by Gasteiger charge is -2.13. The number of nitrogens with zero attached hydrogens (tertiary/aromatic N) is 4. The summed E-state index contributed by atoms with van der Waals surface area (Å²) < 4.78 is 6.76. The summed E-state index contributed by atoms with van der Waals surface area (Å²) in [5.74, 6) is -0.713. The fourth-order valence-corrected chi connectivity index (χ4v) is 1.98. The molecule has 8 nitrogen and oxygen atoms in total. The van der Waals surface area contributed by atoms with E-state index in [1.54, 1.807) is 18.2 Å². The number of rotatable bonds is 5. The molecule has 0 aliphatic heterocycles. The van der Waals surface area contributed by atoms with E-state index in [1.165, 1.54) is 4.68 Å². The second-order valence-electron chi connectivity index (χ2n) is 4.83. The fourth-order valence-electron chi connectivity index (χ4n) is 1.98. The maximum absolute atomic E-state index is 11.3. The van der Waals surface area contributed by atoms with Crippen molar-refractivity contribution in [3.8, 4) is 23.1 Å². The number of carboxylic acids is 1. The van der Waals surface area contributed by atoms with Gasteiger partial charge in [-0.2, -0.15) is 5.26 Å². The second kappa shape index (κ2) is 6.13. The molecule has 1 heterocycles. The van der Waals surface area contributed by atoms with Crippen molar-refractivity contribution in [1.29, 1.82) is 5.26 Å². The third kappa shape index (κ3) is 2.98. The summed E-state index contributed by atoms with van der Waals surface area (Å²) in [5.41, 5.74) is 6.82. The SMILES string of the molecule is CC(C)Oc1ccc(-c2c(C(=O)O)nnn2CC#N)cc1N. The summed E-state index contributed by atoms with van der Waals surface area (Å²) in [6.45, 7) is 3.64. The van der Waals surface area contributed by atoms with Gasteiger partial charge in [0.1, 0.15) is 18.0 Å². The van der Waals surface area contributed by atoms with Crippen LogP contribution in [0.4, 0.5) is 5.69 Å². The predicted octanol–water partition coefficient (Wildman–Crippen LogP) is 1.54. The molecule has 0 amide bonds. The van der Waals surface area contributed by atoms with Gasteiger partial charge < -0.3 is 15.6 Å². The first kappa shape index (κ1) is 15.3. The van der Waals surface area contributed by atoms with E-state index in [9.17, 15) is 9.90 Å². The second-order valence-corrected chi connectivity index (χ2v) is 4.83. The molecule has 0 aliphatic rings. The molecular formula is C14H15N5O3. The Hall–Kier alpha value is -3.08. The number of carbonyl (C=O) groups is 1. The fraction of sp³-hybridized carbons (Fsp3) is 0.286. The van der Waals surface area contributed by atoms with Gasteiger partial charge in [-0.25, -0.2) is 9.48 Å². The van der Waals surface area contributed by atoms with Crippen LogP contribution in [0.1, 0.15) is 24.3 Å². The van der Waals surface area contributed by atoms with Gasteiger partial charge in [-0.3, -0.25) is 0 Å². The van der Waals surface area contributed by atoms with Crippen LogP contribution in [0.2, 0.25) is 0 Å². The molecule has 0 aliphatic carbocycles. The summed E-state index contributed by atoms with van der Waals surface area (Å²) in [7, 11) is 0. The highest BCUT2D eigenvalue weighted by Gasteiger charge is 2.21. The summed E-state index contributed by atoms with van der Waals surface area (Å²) >= 11 is 0. The third-order valence-corrected chi connectivity index (χ3v) is 2.80. The lowest BCUT2D eigenvalue weighted by atomic mass is 10.1. The van der Waals surface area contributed by atoms with E-state index < -0.39 is 5.97 Å². The standard InChI is InChI=1S/C14H15N5O3/c1-8(2)22-11-4-3-9(7-10(11)16)13-12(14(20)21)17-18-19(13)6-5-15/h3-4,7-8H,6,16H2,1-2H3,(H,20,21). The Morgan fingerprint density at radius 2 is 2.27 bits per heavy atom. The average molecular weight is 301 g/mol. The first-order chi connectivity index (χ1) is 10.4. The van der Waals surface area contributed by atoms with Crippen molar-refractivity contribution in [3.63, 3.8) is 0 Å². The molecule has 114 valence electrons. The van der Waals surface area contributed by atoms with Crippen LogP contribution >= 0.6 is 0 Å². The summed E-state index contributed by atoms with van der Waals surface area (Å²) in [6, 6.07) is 6.80. The summed E-state index contributed by atoms with van der Waals surface area (Å²) in [6.07, 6.45) is -0.0338. The van der Waals surface area contributed by atoms with Gasteiger partial charge in [-0.1, -0.05) is 5.21 Å². The van der Waals surface area contributed by atoms with Crippen LogP contribution in [-0.2, 0) is 6.54 Å². The van der Waals surface area contributed by atoms with E-state index in [2.05, 4.69) is 10.3 Å². The average Bonchev–Trinajstić information content (AvgIpc) is 2.85. The van der Waals surface area contributed by atoms with Crippen molar-refractivity contribution >= 4 is 11.7 Å². The number of hydrogen-bond acceptors (Lipinski definition) is 6. The number of benzene rings is 1. The zero-order valence-electron chi connectivity index (χ0n) is 12.1. The van der Waals surface area contributed by atoms with Gasteiger partial charge >= 0.3 is 5.97 Å². The minimum atomic E-state index is -1.22. The van der Waals surface area contributed by atoms with Crippen LogP contribution in [0.25, 0.3) is 11.3 Å².